The Bertz CT molecular complexity index is 621. The average Bonchev–Trinajstić information content (AvgIpc) is 2.46. The van der Waals surface area contributed by atoms with E-state index in [1.54, 1.807) is 0 Å². The predicted molar refractivity (Wildman–Crippen MR) is 73.8 cm³/mol. The number of carboxylic acid groups (broad SMARTS) is 1. The molecule has 0 radical (unpaired) electrons. The summed E-state index contributed by atoms with van der Waals surface area (Å²) in [4.78, 5) is 10.4. The molecule has 2 aromatic rings. The van der Waals surface area contributed by atoms with E-state index in [9.17, 15) is 9.18 Å². The van der Waals surface area contributed by atoms with Crippen molar-refractivity contribution in [1.29, 1.82) is 0 Å². The normalized spacial score (nSPS) is 10.7. The zero-order valence-electron chi connectivity index (χ0n) is 10.6. The average molecular weight is 272 g/mol. The molecule has 102 valence electrons. The van der Waals surface area contributed by atoms with Crippen molar-refractivity contribution in [3.05, 3.63) is 71.6 Å². The van der Waals surface area contributed by atoms with E-state index in [2.05, 4.69) is 0 Å². The van der Waals surface area contributed by atoms with Gasteiger partial charge in [0.1, 0.15) is 6.61 Å². The third-order valence-electron chi connectivity index (χ3n) is 2.61. The van der Waals surface area contributed by atoms with Crippen LogP contribution in [0.1, 0.15) is 11.1 Å². The highest BCUT2D eigenvalue weighted by Gasteiger charge is 2.04. The predicted octanol–water partition coefficient (Wildman–Crippen LogP) is 3.50. The Labute approximate surface area is 115 Å². The van der Waals surface area contributed by atoms with Gasteiger partial charge in [0.25, 0.3) is 0 Å². The first-order chi connectivity index (χ1) is 9.65. The highest BCUT2D eigenvalue weighted by Crippen LogP contribution is 2.21. The summed E-state index contributed by atoms with van der Waals surface area (Å²) < 4.78 is 19.0. The lowest BCUT2D eigenvalue weighted by Gasteiger charge is -2.08. The number of hydrogen-bond donors (Lipinski definition) is 1. The van der Waals surface area contributed by atoms with Gasteiger partial charge in [-0.1, -0.05) is 36.4 Å². The van der Waals surface area contributed by atoms with E-state index in [0.29, 0.717) is 5.56 Å². The fraction of sp³-hybridized carbons (Fsp3) is 0.0625. The SMILES string of the molecule is O=C(O)/C=C/c1ccc(F)c(OCc2ccccc2)c1. The molecule has 4 heteroatoms. The maximum absolute atomic E-state index is 13.6. The first-order valence-electron chi connectivity index (χ1n) is 6.02. The molecule has 3 nitrogen and oxygen atoms in total. The van der Waals surface area contributed by atoms with Crippen molar-refractivity contribution in [3.63, 3.8) is 0 Å². The number of benzene rings is 2. The summed E-state index contributed by atoms with van der Waals surface area (Å²) in [7, 11) is 0. The van der Waals surface area contributed by atoms with Gasteiger partial charge in [0.05, 0.1) is 0 Å². The Morgan fingerprint density at radius 3 is 2.65 bits per heavy atom. The Hall–Kier alpha value is -2.62. The number of carbonyl (C=O) groups is 1. The lowest BCUT2D eigenvalue weighted by atomic mass is 10.2. The van der Waals surface area contributed by atoms with Gasteiger partial charge in [-0.05, 0) is 29.3 Å². The zero-order valence-corrected chi connectivity index (χ0v) is 10.6. The minimum Gasteiger partial charge on any atom is -0.486 e. The molecule has 2 aromatic carbocycles. The number of hydrogen-bond acceptors (Lipinski definition) is 2. The Morgan fingerprint density at radius 1 is 1.20 bits per heavy atom. The summed E-state index contributed by atoms with van der Waals surface area (Å²) in [5.41, 5.74) is 1.50. The van der Waals surface area contributed by atoms with Crippen molar-refractivity contribution in [2.45, 2.75) is 6.61 Å². The quantitative estimate of drug-likeness (QED) is 0.847. The van der Waals surface area contributed by atoms with Gasteiger partial charge in [-0.25, -0.2) is 9.18 Å². The molecular weight excluding hydrogens is 259 g/mol. The number of carboxylic acids is 1. The Morgan fingerprint density at radius 2 is 1.95 bits per heavy atom. The van der Waals surface area contributed by atoms with Crippen LogP contribution in [0.4, 0.5) is 4.39 Å². The highest BCUT2D eigenvalue weighted by molar-refractivity contribution is 5.85. The molecule has 0 aliphatic heterocycles. The molecule has 2 rings (SSSR count). The number of halogens is 1. The summed E-state index contributed by atoms with van der Waals surface area (Å²) in [5, 5.41) is 8.56. The smallest absolute Gasteiger partial charge is 0.328 e. The summed E-state index contributed by atoms with van der Waals surface area (Å²) in [6.07, 6.45) is 2.38. The van der Waals surface area contributed by atoms with Gasteiger partial charge < -0.3 is 9.84 Å². The summed E-state index contributed by atoms with van der Waals surface area (Å²) in [6, 6.07) is 13.6. The standard InChI is InChI=1S/C16H13FO3/c17-14-8-6-12(7-9-16(18)19)10-15(14)20-11-13-4-2-1-3-5-13/h1-10H,11H2,(H,18,19)/b9-7+. The van der Waals surface area contributed by atoms with E-state index in [0.717, 1.165) is 11.6 Å². The maximum atomic E-state index is 13.6. The van der Waals surface area contributed by atoms with E-state index in [-0.39, 0.29) is 12.4 Å². The third-order valence-corrected chi connectivity index (χ3v) is 2.61. The summed E-state index contributed by atoms with van der Waals surface area (Å²) in [5.74, 6) is -1.43. The van der Waals surface area contributed by atoms with Crippen LogP contribution in [0.15, 0.2) is 54.6 Å². The molecule has 0 aromatic heterocycles. The van der Waals surface area contributed by atoms with E-state index >= 15 is 0 Å². The van der Waals surface area contributed by atoms with Gasteiger partial charge in [-0.3, -0.25) is 0 Å². The van der Waals surface area contributed by atoms with E-state index in [4.69, 9.17) is 9.84 Å². The number of aliphatic carboxylic acids is 1. The number of ether oxygens (including phenoxy) is 1. The van der Waals surface area contributed by atoms with Gasteiger partial charge in [-0.15, -0.1) is 0 Å². The molecule has 20 heavy (non-hydrogen) atoms. The van der Waals surface area contributed by atoms with Crippen molar-refractivity contribution in [1.82, 2.24) is 0 Å². The van der Waals surface area contributed by atoms with E-state index < -0.39 is 11.8 Å². The molecule has 0 unspecified atom stereocenters. The van der Waals surface area contributed by atoms with Crippen LogP contribution < -0.4 is 4.74 Å². The first kappa shape index (κ1) is 13.8. The lowest BCUT2D eigenvalue weighted by molar-refractivity contribution is -0.131. The molecule has 0 saturated carbocycles. The highest BCUT2D eigenvalue weighted by atomic mass is 19.1. The first-order valence-corrected chi connectivity index (χ1v) is 6.02. The minimum absolute atomic E-state index is 0.0985. The van der Waals surface area contributed by atoms with Crippen LogP contribution in [0.25, 0.3) is 6.08 Å². The second-order valence-electron chi connectivity index (χ2n) is 4.14. The molecule has 0 spiro atoms. The molecule has 1 N–H and O–H groups in total. The molecular formula is C16H13FO3. The maximum Gasteiger partial charge on any atom is 0.328 e. The fourth-order valence-electron chi connectivity index (χ4n) is 1.64. The van der Waals surface area contributed by atoms with Crippen molar-refractivity contribution in [3.8, 4) is 5.75 Å². The van der Waals surface area contributed by atoms with Gasteiger partial charge in [0, 0.05) is 6.08 Å². The molecule has 0 bridgehead atoms. The minimum atomic E-state index is -1.05. The van der Waals surface area contributed by atoms with Crippen LogP contribution in [0.3, 0.4) is 0 Å². The third kappa shape index (κ3) is 3.95. The Kier molecular flexibility index (Phi) is 4.50. The molecule has 0 heterocycles. The van der Waals surface area contributed by atoms with Crippen LogP contribution in [-0.2, 0) is 11.4 Å². The van der Waals surface area contributed by atoms with Gasteiger partial charge in [0.15, 0.2) is 11.6 Å². The molecule has 0 amide bonds. The molecule has 0 saturated heterocycles. The lowest BCUT2D eigenvalue weighted by Crippen LogP contribution is -1.97. The molecule has 0 fully saturated rings. The fourth-order valence-corrected chi connectivity index (χ4v) is 1.64. The zero-order chi connectivity index (χ0) is 14.4. The topological polar surface area (TPSA) is 46.5 Å². The van der Waals surface area contributed by atoms with Crippen LogP contribution in [0.2, 0.25) is 0 Å². The van der Waals surface area contributed by atoms with Gasteiger partial charge >= 0.3 is 5.97 Å². The van der Waals surface area contributed by atoms with Crippen molar-refractivity contribution in [2.75, 3.05) is 0 Å². The van der Waals surface area contributed by atoms with Crippen molar-refractivity contribution >= 4 is 12.0 Å². The van der Waals surface area contributed by atoms with Crippen LogP contribution in [0.5, 0.6) is 5.75 Å². The van der Waals surface area contributed by atoms with Crippen LogP contribution in [-0.4, -0.2) is 11.1 Å². The molecule has 0 atom stereocenters. The van der Waals surface area contributed by atoms with Crippen LogP contribution >= 0.6 is 0 Å². The number of rotatable bonds is 5. The monoisotopic (exact) mass is 272 g/mol. The van der Waals surface area contributed by atoms with E-state index in [1.165, 1.54) is 24.3 Å². The van der Waals surface area contributed by atoms with Gasteiger partial charge in [0.2, 0.25) is 0 Å². The largest absolute Gasteiger partial charge is 0.486 e. The summed E-state index contributed by atoms with van der Waals surface area (Å²) >= 11 is 0. The van der Waals surface area contributed by atoms with Gasteiger partial charge in [-0.2, -0.15) is 0 Å². The Balaban J connectivity index is 2.10. The summed E-state index contributed by atoms with van der Waals surface area (Å²) in [6.45, 7) is 0.254. The second kappa shape index (κ2) is 6.52. The molecule has 0 aliphatic carbocycles. The molecule has 0 aliphatic rings. The second-order valence-corrected chi connectivity index (χ2v) is 4.14. The van der Waals surface area contributed by atoms with E-state index in [1.807, 2.05) is 30.3 Å². The van der Waals surface area contributed by atoms with Crippen molar-refractivity contribution < 1.29 is 19.0 Å². The van der Waals surface area contributed by atoms with Crippen molar-refractivity contribution in [2.24, 2.45) is 0 Å². The van der Waals surface area contributed by atoms with Crippen LogP contribution in [0, 0.1) is 5.82 Å².